The number of nitrogens with zero attached hydrogens (tertiary/aromatic N) is 1. The molecular formula is C15H14N2O2. The molecule has 2 rings (SSSR count). The summed E-state index contributed by atoms with van der Waals surface area (Å²) >= 11 is 0. The molecule has 0 fully saturated rings. The molecular weight excluding hydrogens is 240 g/mol. The normalized spacial score (nSPS) is 9.74. The summed E-state index contributed by atoms with van der Waals surface area (Å²) in [7, 11) is 1.56. The Kier molecular flexibility index (Phi) is 3.58. The zero-order valence-corrected chi connectivity index (χ0v) is 10.8. The number of rotatable bonds is 3. The Morgan fingerprint density at radius 3 is 2.53 bits per heavy atom. The van der Waals surface area contributed by atoms with Gasteiger partial charge >= 0.3 is 0 Å². The summed E-state index contributed by atoms with van der Waals surface area (Å²) < 4.78 is 11.0. The van der Waals surface area contributed by atoms with Gasteiger partial charge in [-0.25, -0.2) is 0 Å². The van der Waals surface area contributed by atoms with Crippen molar-refractivity contribution in [3.63, 3.8) is 0 Å². The minimum atomic E-state index is 0.468. The maximum Gasteiger partial charge on any atom is 0.171 e. The molecule has 0 spiro atoms. The van der Waals surface area contributed by atoms with Crippen LogP contribution in [0.25, 0.3) is 0 Å². The number of aryl methyl sites for hydroxylation is 1. The molecule has 2 aromatic carbocycles. The number of nitrogen functional groups attached to an aromatic ring is 1. The summed E-state index contributed by atoms with van der Waals surface area (Å²) in [5, 5.41) is 9.08. The van der Waals surface area contributed by atoms with Crippen molar-refractivity contribution >= 4 is 5.69 Å². The first-order valence-electron chi connectivity index (χ1n) is 5.76. The highest BCUT2D eigenvalue weighted by Crippen LogP contribution is 2.34. The quantitative estimate of drug-likeness (QED) is 0.854. The third-order valence-electron chi connectivity index (χ3n) is 2.67. The molecule has 0 amide bonds. The first kappa shape index (κ1) is 12.8. The molecule has 0 bridgehead atoms. The SMILES string of the molecule is COc1ccc(N)cc1Oc1cc(C)ccc1C#N. The number of ether oxygens (including phenoxy) is 2. The van der Waals surface area contributed by atoms with Gasteiger partial charge in [-0.3, -0.25) is 0 Å². The van der Waals surface area contributed by atoms with E-state index in [0.717, 1.165) is 5.56 Å². The summed E-state index contributed by atoms with van der Waals surface area (Å²) in [6.07, 6.45) is 0. The van der Waals surface area contributed by atoms with Crippen LogP contribution in [0, 0.1) is 18.3 Å². The zero-order chi connectivity index (χ0) is 13.8. The molecule has 0 radical (unpaired) electrons. The Labute approximate surface area is 112 Å². The molecule has 0 aliphatic heterocycles. The largest absolute Gasteiger partial charge is 0.493 e. The van der Waals surface area contributed by atoms with Crippen molar-refractivity contribution in [3.05, 3.63) is 47.5 Å². The number of hydrogen-bond acceptors (Lipinski definition) is 4. The zero-order valence-electron chi connectivity index (χ0n) is 10.8. The van der Waals surface area contributed by atoms with Gasteiger partial charge < -0.3 is 15.2 Å². The van der Waals surface area contributed by atoms with Gasteiger partial charge in [0, 0.05) is 11.8 Å². The van der Waals surface area contributed by atoms with Crippen LogP contribution in [0.15, 0.2) is 36.4 Å². The van der Waals surface area contributed by atoms with Gasteiger partial charge in [0.1, 0.15) is 11.8 Å². The molecule has 4 nitrogen and oxygen atoms in total. The number of nitriles is 1. The molecule has 0 aliphatic rings. The Balaban J connectivity index is 2.44. The summed E-state index contributed by atoms with van der Waals surface area (Å²) in [6, 6.07) is 12.6. The molecule has 2 aromatic rings. The van der Waals surface area contributed by atoms with Gasteiger partial charge in [-0.05, 0) is 36.8 Å². The first-order chi connectivity index (χ1) is 9.13. The van der Waals surface area contributed by atoms with Crippen LogP contribution in [-0.4, -0.2) is 7.11 Å². The van der Waals surface area contributed by atoms with E-state index in [4.69, 9.17) is 20.5 Å². The van der Waals surface area contributed by atoms with Crippen LogP contribution in [-0.2, 0) is 0 Å². The lowest BCUT2D eigenvalue weighted by atomic mass is 10.1. The van der Waals surface area contributed by atoms with Gasteiger partial charge in [-0.2, -0.15) is 5.26 Å². The Morgan fingerprint density at radius 1 is 1.05 bits per heavy atom. The highest BCUT2D eigenvalue weighted by atomic mass is 16.5. The van der Waals surface area contributed by atoms with Crippen molar-refractivity contribution in [1.29, 1.82) is 5.26 Å². The van der Waals surface area contributed by atoms with Crippen LogP contribution in [0.2, 0.25) is 0 Å². The van der Waals surface area contributed by atoms with Gasteiger partial charge in [-0.1, -0.05) is 6.07 Å². The Bertz CT molecular complexity index is 645. The van der Waals surface area contributed by atoms with E-state index in [1.54, 1.807) is 37.4 Å². The standard InChI is InChI=1S/C15H14N2O2/c1-10-3-4-11(9-16)14(7-10)19-15-8-12(17)5-6-13(15)18-2/h3-8H,17H2,1-2H3. The van der Waals surface area contributed by atoms with Crippen molar-refractivity contribution < 1.29 is 9.47 Å². The van der Waals surface area contributed by atoms with E-state index < -0.39 is 0 Å². The minimum absolute atomic E-state index is 0.468. The smallest absolute Gasteiger partial charge is 0.171 e. The highest BCUT2D eigenvalue weighted by molar-refractivity contribution is 5.55. The van der Waals surface area contributed by atoms with Gasteiger partial charge in [0.25, 0.3) is 0 Å². The molecule has 0 atom stereocenters. The second kappa shape index (κ2) is 5.32. The van der Waals surface area contributed by atoms with Crippen LogP contribution < -0.4 is 15.2 Å². The average Bonchev–Trinajstić information content (AvgIpc) is 2.39. The summed E-state index contributed by atoms with van der Waals surface area (Å²) in [5.41, 5.74) is 7.79. The minimum Gasteiger partial charge on any atom is -0.493 e. The van der Waals surface area contributed by atoms with Crippen molar-refractivity contribution in [1.82, 2.24) is 0 Å². The fourth-order valence-electron chi connectivity index (χ4n) is 1.70. The van der Waals surface area contributed by atoms with Crippen LogP contribution in [0.5, 0.6) is 17.2 Å². The van der Waals surface area contributed by atoms with E-state index >= 15 is 0 Å². The topological polar surface area (TPSA) is 68.3 Å². The van der Waals surface area contributed by atoms with Gasteiger partial charge in [-0.15, -0.1) is 0 Å². The molecule has 2 N–H and O–H groups in total. The van der Waals surface area contributed by atoms with E-state index in [1.165, 1.54) is 0 Å². The van der Waals surface area contributed by atoms with Gasteiger partial charge in [0.15, 0.2) is 11.5 Å². The van der Waals surface area contributed by atoms with Crippen molar-refractivity contribution in [2.75, 3.05) is 12.8 Å². The molecule has 4 heteroatoms. The van der Waals surface area contributed by atoms with E-state index in [-0.39, 0.29) is 0 Å². The fourth-order valence-corrected chi connectivity index (χ4v) is 1.70. The molecule has 0 aliphatic carbocycles. The van der Waals surface area contributed by atoms with Crippen molar-refractivity contribution in [2.24, 2.45) is 0 Å². The summed E-state index contributed by atoms with van der Waals surface area (Å²) in [4.78, 5) is 0. The second-order valence-corrected chi connectivity index (χ2v) is 4.12. The van der Waals surface area contributed by atoms with E-state index in [9.17, 15) is 0 Å². The number of methoxy groups -OCH3 is 1. The van der Waals surface area contributed by atoms with Crippen molar-refractivity contribution in [3.8, 4) is 23.3 Å². The predicted molar refractivity (Wildman–Crippen MR) is 73.4 cm³/mol. The molecule has 0 unspecified atom stereocenters. The van der Waals surface area contributed by atoms with Crippen LogP contribution in [0.1, 0.15) is 11.1 Å². The predicted octanol–water partition coefficient (Wildman–Crippen LogP) is 3.25. The van der Waals surface area contributed by atoms with Crippen LogP contribution in [0.3, 0.4) is 0 Å². The lowest BCUT2D eigenvalue weighted by Crippen LogP contribution is -1.94. The third-order valence-corrected chi connectivity index (χ3v) is 2.67. The molecule has 0 saturated heterocycles. The maximum atomic E-state index is 9.08. The number of anilines is 1. The molecule has 96 valence electrons. The average molecular weight is 254 g/mol. The van der Waals surface area contributed by atoms with Crippen LogP contribution >= 0.6 is 0 Å². The summed E-state index contributed by atoms with van der Waals surface area (Å²) in [6.45, 7) is 1.94. The molecule has 0 heterocycles. The van der Waals surface area contributed by atoms with Gasteiger partial charge in [0.2, 0.25) is 0 Å². The van der Waals surface area contributed by atoms with Crippen molar-refractivity contribution in [2.45, 2.75) is 6.92 Å². The molecule has 19 heavy (non-hydrogen) atoms. The van der Waals surface area contributed by atoms with Gasteiger partial charge in [0.05, 0.1) is 12.7 Å². The number of nitrogens with two attached hydrogens (primary N) is 1. The van der Waals surface area contributed by atoms with E-state index in [0.29, 0.717) is 28.5 Å². The van der Waals surface area contributed by atoms with E-state index in [2.05, 4.69) is 6.07 Å². The molecule has 0 aromatic heterocycles. The lowest BCUT2D eigenvalue weighted by Gasteiger charge is -2.12. The Hall–Kier alpha value is -2.67. The third kappa shape index (κ3) is 2.78. The monoisotopic (exact) mass is 254 g/mol. The van der Waals surface area contributed by atoms with Crippen LogP contribution in [0.4, 0.5) is 5.69 Å². The second-order valence-electron chi connectivity index (χ2n) is 4.12. The molecule has 0 saturated carbocycles. The first-order valence-corrected chi connectivity index (χ1v) is 5.76. The number of hydrogen-bond donors (Lipinski definition) is 1. The fraction of sp³-hybridized carbons (Fsp3) is 0.133. The highest BCUT2D eigenvalue weighted by Gasteiger charge is 2.09. The number of benzene rings is 2. The van der Waals surface area contributed by atoms with E-state index in [1.807, 2.05) is 13.0 Å². The maximum absolute atomic E-state index is 9.08. The Morgan fingerprint density at radius 2 is 1.84 bits per heavy atom. The summed E-state index contributed by atoms with van der Waals surface area (Å²) in [5.74, 6) is 1.55. The lowest BCUT2D eigenvalue weighted by molar-refractivity contribution is 0.378.